The minimum Gasteiger partial charge on any atom is -0.508 e. The van der Waals surface area contributed by atoms with Crippen molar-refractivity contribution in [1.82, 2.24) is 40.7 Å². The highest BCUT2D eigenvalue weighted by Crippen LogP contribution is 2.27. The number of hydrogen-bond acceptors (Lipinski definition) is 11. The lowest BCUT2D eigenvalue weighted by Gasteiger charge is -2.34. The smallest absolute Gasteiger partial charge is 0.330 e. The number of rotatable bonds is 18. The molecule has 8 atom stereocenters. The van der Waals surface area contributed by atoms with E-state index in [4.69, 9.17) is 10.5 Å². The van der Waals surface area contributed by atoms with Gasteiger partial charge in [0.05, 0.1) is 18.2 Å². The van der Waals surface area contributed by atoms with Gasteiger partial charge < -0.3 is 56.9 Å². The molecule has 5 amide bonds. The van der Waals surface area contributed by atoms with Gasteiger partial charge in [0.15, 0.2) is 6.23 Å². The van der Waals surface area contributed by atoms with Gasteiger partial charge in [-0.05, 0) is 48.2 Å². The van der Waals surface area contributed by atoms with Gasteiger partial charge in [-0.25, -0.2) is 14.4 Å². The minimum absolute atomic E-state index is 0.0244. The van der Waals surface area contributed by atoms with Gasteiger partial charge >= 0.3 is 17.7 Å². The Balaban J connectivity index is 1.21. The highest BCUT2D eigenvalue weighted by molar-refractivity contribution is 5.94. The van der Waals surface area contributed by atoms with E-state index in [1.165, 1.54) is 37.2 Å². The number of nitrogens with two attached hydrogens (primary N) is 1. The number of aliphatic hydroxyl groups excluding tert-OH is 1. The molecule has 64 heavy (non-hydrogen) atoms. The van der Waals surface area contributed by atoms with Crippen molar-refractivity contribution in [3.63, 3.8) is 0 Å². The maximum atomic E-state index is 14.4. The number of nitrogens with zero attached hydrogens (tertiary/aromatic N) is 2. The van der Waals surface area contributed by atoms with Crippen molar-refractivity contribution in [2.45, 2.75) is 81.3 Å². The third-order valence-corrected chi connectivity index (χ3v) is 11.1. The van der Waals surface area contributed by atoms with Crippen molar-refractivity contribution in [2.24, 2.45) is 5.73 Å². The molecule has 20 nitrogen and oxygen atoms in total. The van der Waals surface area contributed by atoms with Gasteiger partial charge in [-0.2, -0.15) is 0 Å². The van der Waals surface area contributed by atoms with Gasteiger partial charge in [0.1, 0.15) is 30.0 Å². The molecule has 0 saturated carbocycles. The number of carboxylic acids is 1. The average molecular weight is 882 g/mol. The molecule has 338 valence electrons. The van der Waals surface area contributed by atoms with E-state index in [0.717, 1.165) is 21.5 Å². The van der Waals surface area contributed by atoms with Gasteiger partial charge in [-0.15, -0.1) is 0 Å². The molecule has 11 N–H and O–H groups in total. The number of aliphatic hydroxyl groups is 1. The van der Waals surface area contributed by atoms with Crippen molar-refractivity contribution in [3.05, 3.63) is 135 Å². The number of phenolic OH excluding ortho intramolecular Hbond substituents is 1. The molecule has 3 heterocycles. The first-order valence-corrected chi connectivity index (χ1v) is 20.5. The second-order valence-corrected chi connectivity index (χ2v) is 15.7. The SMILES string of the molecule is C[C@@H]([C@H](NC(=O)[C@H](Cc1ccccc1)NC(=O)N[C@@H](Cc1c[nH]c2ccccc12)C(=O)O)C(=O)NCC1C[C@@H](O)[C@H](n2ccc(=O)[nH]c2=O)O1)N(C)C(=O)[C@@H](N)Cc1ccc(O)cc1. The Morgan fingerprint density at radius 2 is 1.55 bits per heavy atom. The van der Waals surface area contributed by atoms with Crippen LogP contribution in [-0.4, -0.2) is 120 Å². The summed E-state index contributed by atoms with van der Waals surface area (Å²) >= 11 is 0. The average Bonchev–Trinajstić information content (AvgIpc) is 3.86. The van der Waals surface area contributed by atoms with Crippen LogP contribution in [0.4, 0.5) is 4.79 Å². The molecular weight excluding hydrogens is 831 g/mol. The number of carboxylic acid groups (broad SMARTS) is 1. The van der Waals surface area contributed by atoms with Crippen molar-refractivity contribution >= 4 is 40.6 Å². The van der Waals surface area contributed by atoms with Crippen LogP contribution in [0.15, 0.2) is 107 Å². The second kappa shape index (κ2) is 20.7. The first kappa shape index (κ1) is 46.2. The van der Waals surface area contributed by atoms with Crippen LogP contribution >= 0.6 is 0 Å². The molecule has 6 rings (SSSR count). The predicted molar refractivity (Wildman–Crippen MR) is 232 cm³/mol. The first-order valence-electron chi connectivity index (χ1n) is 20.5. The van der Waals surface area contributed by atoms with Crippen molar-refractivity contribution < 1.29 is 44.0 Å². The number of phenols is 1. The van der Waals surface area contributed by atoms with Crippen molar-refractivity contribution in [3.8, 4) is 5.75 Å². The fourth-order valence-corrected chi connectivity index (χ4v) is 7.52. The van der Waals surface area contributed by atoms with Crippen LogP contribution in [0, 0.1) is 0 Å². The lowest BCUT2D eigenvalue weighted by atomic mass is 10.0. The summed E-state index contributed by atoms with van der Waals surface area (Å²) in [6, 6.07) is 15.7. The minimum atomic E-state index is -1.50. The monoisotopic (exact) mass is 881 g/mol. The highest BCUT2D eigenvalue weighted by Gasteiger charge is 2.39. The third-order valence-electron chi connectivity index (χ3n) is 11.1. The number of aromatic amines is 2. The number of hydrogen-bond donors (Lipinski definition) is 10. The lowest BCUT2D eigenvalue weighted by molar-refractivity contribution is -0.139. The number of likely N-dealkylation sites (N-methyl/N-ethyl adjacent to an activating group) is 1. The Labute approximate surface area is 365 Å². The van der Waals surface area contributed by atoms with Gasteiger partial charge in [-0.3, -0.25) is 28.7 Å². The number of carbonyl (C=O) groups excluding carboxylic acids is 4. The molecule has 3 aromatic carbocycles. The summed E-state index contributed by atoms with van der Waals surface area (Å²) in [5.41, 5.74) is 7.58. The lowest BCUT2D eigenvalue weighted by Crippen LogP contribution is -2.63. The molecular formula is C44H51N9O11. The summed E-state index contributed by atoms with van der Waals surface area (Å²) in [4.78, 5) is 98.7. The van der Waals surface area contributed by atoms with E-state index in [1.54, 1.807) is 54.7 Å². The summed E-state index contributed by atoms with van der Waals surface area (Å²) in [7, 11) is 1.41. The number of aliphatic carboxylic acids is 1. The molecule has 2 aromatic heterocycles. The number of fused-ring (bicyclic) bond motifs is 1. The number of ether oxygens (including phenoxy) is 1. The normalized spacial score (nSPS) is 18.2. The Hall–Kier alpha value is -7.29. The summed E-state index contributed by atoms with van der Waals surface area (Å²) in [5.74, 6) is -3.52. The molecule has 0 radical (unpaired) electrons. The summed E-state index contributed by atoms with van der Waals surface area (Å²) in [5, 5.41) is 41.8. The predicted octanol–water partition coefficient (Wildman–Crippen LogP) is -0.00380. The van der Waals surface area contributed by atoms with E-state index in [-0.39, 0.29) is 38.0 Å². The second-order valence-electron chi connectivity index (χ2n) is 15.7. The highest BCUT2D eigenvalue weighted by atomic mass is 16.5. The molecule has 1 aliphatic heterocycles. The van der Waals surface area contributed by atoms with Crippen LogP contribution in [0.5, 0.6) is 5.75 Å². The molecule has 1 aliphatic rings. The Morgan fingerprint density at radius 3 is 2.25 bits per heavy atom. The number of urea groups is 1. The molecule has 0 bridgehead atoms. The third kappa shape index (κ3) is 11.6. The van der Waals surface area contributed by atoms with Crippen LogP contribution in [0.25, 0.3) is 10.9 Å². The van der Waals surface area contributed by atoms with Crippen LogP contribution in [0.2, 0.25) is 0 Å². The zero-order valence-corrected chi connectivity index (χ0v) is 35.0. The van der Waals surface area contributed by atoms with Crippen LogP contribution in [0.3, 0.4) is 0 Å². The van der Waals surface area contributed by atoms with E-state index < -0.39 is 89.6 Å². The topological polar surface area (TPSA) is 303 Å². The van der Waals surface area contributed by atoms with Crippen LogP contribution in [-0.2, 0) is 43.2 Å². The number of benzene rings is 3. The number of aromatic nitrogens is 3. The number of H-pyrrole nitrogens is 2. The summed E-state index contributed by atoms with van der Waals surface area (Å²) in [6.07, 6.45) is -0.497. The summed E-state index contributed by atoms with van der Waals surface area (Å²) in [6.45, 7) is 1.29. The Morgan fingerprint density at radius 1 is 0.875 bits per heavy atom. The Kier molecular flexibility index (Phi) is 15.0. The van der Waals surface area contributed by atoms with E-state index in [1.807, 2.05) is 18.2 Å². The zero-order chi connectivity index (χ0) is 46.1. The number of nitrogens with one attached hydrogen (secondary N) is 6. The molecule has 0 aliphatic carbocycles. The maximum absolute atomic E-state index is 14.4. The summed E-state index contributed by atoms with van der Waals surface area (Å²) < 4.78 is 6.89. The van der Waals surface area contributed by atoms with Gasteiger partial charge in [0, 0.05) is 62.2 Å². The van der Waals surface area contributed by atoms with E-state index in [2.05, 4.69) is 31.2 Å². The molecule has 5 aromatic rings. The molecule has 0 spiro atoms. The van der Waals surface area contributed by atoms with Crippen LogP contribution < -0.4 is 38.2 Å². The van der Waals surface area contributed by atoms with E-state index >= 15 is 0 Å². The first-order chi connectivity index (χ1) is 30.6. The number of amides is 5. The largest absolute Gasteiger partial charge is 0.508 e. The fraction of sp³-hybridized carbons (Fsp3) is 0.341. The number of aromatic hydroxyl groups is 1. The maximum Gasteiger partial charge on any atom is 0.330 e. The quantitative estimate of drug-likeness (QED) is 0.0556. The van der Waals surface area contributed by atoms with E-state index in [9.17, 15) is 48.9 Å². The molecule has 20 heteroatoms. The van der Waals surface area contributed by atoms with E-state index in [0.29, 0.717) is 16.7 Å². The van der Waals surface area contributed by atoms with Gasteiger partial charge in [0.25, 0.3) is 5.56 Å². The molecule has 1 unspecified atom stereocenters. The van der Waals surface area contributed by atoms with Gasteiger partial charge in [0.2, 0.25) is 17.7 Å². The molecule has 1 saturated heterocycles. The van der Waals surface area contributed by atoms with Crippen molar-refractivity contribution in [2.75, 3.05) is 13.6 Å². The van der Waals surface area contributed by atoms with Crippen molar-refractivity contribution in [1.29, 1.82) is 0 Å². The van der Waals surface area contributed by atoms with Crippen LogP contribution in [0.1, 0.15) is 36.3 Å². The Bertz CT molecular complexity index is 2560. The number of para-hydroxylation sites is 1. The van der Waals surface area contributed by atoms with Gasteiger partial charge in [-0.1, -0.05) is 60.7 Å². The zero-order valence-electron chi connectivity index (χ0n) is 35.0. The standard InChI is InChI=1S/C44H51N9O11/c1-24(52(2)40(59)31(45)18-26-12-14-28(54)15-13-26)37(39(58)47-23-29-21-35(55)41(64-29)53-17-16-36(56)50-44(53)63)51-38(57)33(19-25-8-4-3-5-9-25)48-43(62)49-34(42(60)61)20-27-22-46-32-11-7-6-10-30(27)32/h3-17,22,24,29,31,33-35,37,41,46,54-55H,18-21,23,45H2,1-2H3,(H,47,58)(H,51,57)(H,60,61)(H2,48,49,62)(H,50,56,63)/t24-,29?,31-,33-,34-,35+,37-,41+/m0/s1. The number of carbonyl (C=O) groups is 5. The molecule has 1 fully saturated rings. The fourth-order valence-electron chi connectivity index (χ4n) is 7.52.